The van der Waals surface area contributed by atoms with Gasteiger partial charge < -0.3 is 19.9 Å². The highest BCUT2D eigenvalue weighted by Gasteiger charge is 2.53. The minimum absolute atomic E-state index is 0.0677. The number of amides is 1. The molecule has 0 saturated carbocycles. The molecule has 0 spiro atoms. The molecule has 0 fully saturated rings. The second kappa shape index (κ2) is 15.4. The molecule has 0 saturated heterocycles. The predicted molar refractivity (Wildman–Crippen MR) is 177 cm³/mol. The first-order valence-electron chi connectivity index (χ1n) is 14.5. The van der Waals surface area contributed by atoms with Gasteiger partial charge in [-0.3, -0.25) is 4.79 Å². The molecule has 6 nitrogen and oxygen atoms in total. The quantitative estimate of drug-likeness (QED) is 0.142. The van der Waals surface area contributed by atoms with Gasteiger partial charge in [-0.2, -0.15) is 11.8 Å². The fourth-order valence-corrected chi connectivity index (χ4v) is 6.25. The van der Waals surface area contributed by atoms with E-state index in [-0.39, 0.29) is 18.3 Å². The summed E-state index contributed by atoms with van der Waals surface area (Å²) < 4.78 is 26.4. The number of nitrogens with one attached hydrogen (secondary N) is 1. The van der Waals surface area contributed by atoms with Crippen molar-refractivity contribution in [2.24, 2.45) is 4.99 Å². The van der Waals surface area contributed by atoms with Crippen LogP contribution in [0.5, 0.6) is 5.75 Å². The molecule has 2 N–H and O–H groups in total. The summed E-state index contributed by atoms with van der Waals surface area (Å²) in [6, 6.07) is 31.4. The maximum Gasteiger partial charge on any atom is 0.252 e. The van der Waals surface area contributed by atoms with E-state index in [0.717, 1.165) is 32.5 Å². The Morgan fingerprint density at radius 2 is 1.73 bits per heavy atom. The van der Waals surface area contributed by atoms with Gasteiger partial charge in [-0.05, 0) is 59.2 Å². The van der Waals surface area contributed by atoms with Crippen molar-refractivity contribution in [1.29, 1.82) is 0 Å². The number of aliphatic hydroxyl groups excluding tert-OH is 1. The number of carbonyl (C=O) groups excluding carboxylic acids is 1. The molecule has 44 heavy (non-hydrogen) atoms. The zero-order chi connectivity index (χ0) is 30.8. The monoisotopic (exact) mass is 676 g/mol. The van der Waals surface area contributed by atoms with E-state index < -0.39 is 11.6 Å². The fourth-order valence-electron chi connectivity index (χ4n) is 5.00. The zero-order valence-electron chi connectivity index (χ0n) is 24.1. The van der Waals surface area contributed by atoms with Crippen LogP contribution in [0.15, 0.2) is 113 Å². The summed E-state index contributed by atoms with van der Waals surface area (Å²) in [5.41, 5.74) is 2.27. The van der Waals surface area contributed by atoms with E-state index in [9.17, 15) is 9.18 Å². The Hall–Kier alpha value is -3.66. The molecule has 228 valence electrons. The molecule has 4 aromatic rings. The Labute approximate surface area is 269 Å². The summed E-state index contributed by atoms with van der Waals surface area (Å²) >= 11 is 5.34. The molecule has 1 amide bonds. The molecule has 0 radical (unpaired) electrons. The van der Waals surface area contributed by atoms with Gasteiger partial charge in [-0.25, -0.2) is 9.38 Å². The van der Waals surface area contributed by atoms with Crippen LogP contribution in [-0.2, 0) is 21.7 Å². The fraction of sp³-hybridized carbons (Fsp3) is 0.257. The standard InChI is InChI=1S/C35H34BrFN2O4S/c36-31-10-5-4-9-28(31)23-35(34(41)38-19-22-44-24-25-11-15-29(37)16-12-25)32(26-7-2-1-3-8-26)43-33(39-35)27-13-17-30(18-14-27)42-21-6-20-40/h1-5,7-18,32,40H,6,19-24H2,(H,38,41)/t32-,35-/m1/s1. The lowest BCUT2D eigenvalue weighted by Gasteiger charge is -2.31. The van der Waals surface area contributed by atoms with E-state index in [2.05, 4.69) is 21.2 Å². The highest BCUT2D eigenvalue weighted by Crippen LogP contribution is 2.43. The number of benzene rings is 4. The normalized spacial score (nSPS) is 17.5. The first-order chi connectivity index (χ1) is 21.5. The molecular formula is C35H34BrFN2O4S. The third-order valence-electron chi connectivity index (χ3n) is 7.26. The Morgan fingerprint density at radius 3 is 2.45 bits per heavy atom. The minimum Gasteiger partial charge on any atom is -0.494 e. The summed E-state index contributed by atoms with van der Waals surface area (Å²) in [5, 5.41) is 12.2. The van der Waals surface area contributed by atoms with Gasteiger partial charge in [-0.1, -0.05) is 76.6 Å². The first-order valence-corrected chi connectivity index (χ1v) is 16.4. The van der Waals surface area contributed by atoms with Gasteiger partial charge in [0.25, 0.3) is 5.91 Å². The van der Waals surface area contributed by atoms with Gasteiger partial charge in [0.1, 0.15) is 11.6 Å². The third-order valence-corrected chi connectivity index (χ3v) is 9.07. The van der Waals surface area contributed by atoms with Gasteiger partial charge in [0.2, 0.25) is 5.90 Å². The van der Waals surface area contributed by atoms with Crippen molar-refractivity contribution in [3.63, 3.8) is 0 Å². The van der Waals surface area contributed by atoms with Gasteiger partial charge in [0, 0.05) is 47.5 Å². The summed E-state index contributed by atoms with van der Waals surface area (Å²) in [4.78, 5) is 19.4. The van der Waals surface area contributed by atoms with Gasteiger partial charge >= 0.3 is 0 Å². The Kier molecular flexibility index (Phi) is 11.1. The highest BCUT2D eigenvalue weighted by atomic mass is 79.9. The van der Waals surface area contributed by atoms with Crippen molar-refractivity contribution in [3.8, 4) is 5.75 Å². The molecule has 0 aliphatic carbocycles. The maximum absolute atomic E-state index is 14.3. The Morgan fingerprint density at radius 1 is 1.00 bits per heavy atom. The molecule has 0 unspecified atom stereocenters. The topological polar surface area (TPSA) is 80.2 Å². The lowest BCUT2D eigenvalue weighted by molar-refractivity contribution is -0.128. The second-order valence-electron chi connectivity index (χ2n) is 10.4. The number of thioether (sulfide) groups is 1. The Bertz CT molecular complexity index is 1550. The number of ether oxygens (including phenoxy) is 2. The van der Waals surface area contributed by atoms with Crippen LogP contribution in [0.4, 0.5) is 4.39 Å². The van der Waals surface area contributed by atoms with Crippen molar-refractivity contribution < 1.29 is 23.8 Å². The predicted octanol–water partition coefficient (Wildman–Crippen LogP) is 6.90. The largest absolute Gasteiger partial charge is 0.494 e. The van der Waals surface area contributed by atoms with Gasteiger partial charge in [-0.15, -0.1) is 0 Å². The first kappa shape index (κ1) is 31.8. The number of hydrogen-bond acceptors (Lipinski definition) is 6. The number of hydrogen-bond donors (Lipinski definition) is 2. The molecule has 5 rings (SSSR count). The summed E-state index contributed by atoms with van der Waals surface area (Å²) in [6.07, 6.45) is 0.195. The number of rotatable bonds is 14. The van der Waals surface area contributed by atoms with Crippen molar-refractivity contribution in [3.05, 3.63) is 136 Å². The van der Waals surface area contributed by atoms with Crippen LogP contribution in [0.2, 0.25) is 0 Å². The lowest BCUT2D eigenvalue weighted by atomic mass is 9.82. The molecule has 1 aliphatic heterocycles. The average Bonchev–Trinajstić information content (AvgIpc) is 3.44. The molecule has 2 atom stereocenters. The molecule has 1 heterocycles. The van der Waals surface area contributed by atoms with E-state index in [1.165, 1.54) is 12.1 Å². The summed E-state index contributed by atoms with van der Waals surface area (Å²) in [6.45, 7) is 0.924. The van der Waals surface area contributed by atoms with Crippen LogP contribution in [0, 0.1) is 5.82 Å². The van der Waals surface area contributed by atoms with Crippen molar-refractivity contribution >= 4 is 39.5 Å². The van der Waals surface area contributed by atoms with Gasteiger partial charge in [0.05, 0.1) is 6.61 Å². The van der Waals surface area contributed by atoms with E-state index in [1.807, 2.05) is 78.9 Å². The van der Waals surface area contributed by atoms with Crippen LogP contribution < -0.4 is 10.1 Å². The summed E-state index contributed by atoms with van der Waals surface area (Å²) in [5.74, 6) is 1.98. The van der Waals surface area contributed by atoms with E-state index in [1.54, 1.807) is 23.9 Å². The molecular weight excluding hydrogens is 643 g/mol. The van der Waals surface area contributed by atoms with E-state index >= 15 is 0 Å². The van der Waals surface area contributed by atoms with E-state index in [4.69, 9.17) is 19.6 Å². The number of nitrogens with zero attached hydrogens (tertiary/aromatic N) is 1. The SMILES string of the molecule is O=C(NCCSCc1ccc(F)cc1)[C@]1(Cc2ccccc2Br)N=C(c2ccc(OCCCO)cc2)O[C@@H]1c1ccccc1. The highest BCUT2D eigenvalue weighted by molar-refractivity contribution is 9.10. The van der Waals surface area contributed by atoms with Crippen LogP contribution in [0.25, 0.3) is 0 Å². The van der Waals surface area contributed by atoms with Crippen LogP contribution >= 0.6 is 27.7 Å². The molecule has 1 aliphatic rings. The van der Waals surface area contributed by atoms with Crippen molar-refractivity contribution in [1.82, 2.24) is 5.32 Å². The molecule has 0 bridgehead atoms. The maximum atomic E-state index is 14.3. The third kappa shape index (κ3) is 7.88. The average molecular weight is 678 g/mol. The lowest BCUT2D eigenvalue weighted by Crippen LogP contribution is -2.50. The summed E-state index contributed by atoms with van der Waals surface area (Å²) in [7, 11) is 0. The second-order valence-corrected chi connectivity index (χ2v) is 12.4. The van der Waals surface area contributed by atoms with E-state index in [0.29, 0.717) is 43.4 Å². The number of aliphatic imine (C=N–C) groups is 1. The smallest absolute Gasteiger partial charge is 0.252 e. The van der Waals surface area contributed by atoms with Crippen LogP contribution in [0.1, 0.15) is 34.8 Å². The van der Waals surface area contributed by atoms with Crippen molar-refractivity contribution in [2.45, 2.75) is 30.2 Å². The molecule has 9 heteroatoms. The molecule has 4 aromatic carbocycles. The van der Waals surface area contributed by atoms with Crippen molar-refractivity contribution in [2.75, 3.05) is 25.5 Å². The zero-order valence-corrected chi connectivity index (χ0v) is 26.5. The van der Waals surface area contributed by atoms with Crippen LogP contribution in [-0.4, -0.2) is 48.0 Å². The minimum atomic E-state index is -1.28. The van der Waals surface area contributed by atoms with Crippen LogP contribution in [0.3, 0.4) is 0 Å². The Balaban J connectivity index is 1.42. The molecule has 0 aromatic heterocycles. The number of carbonyl (C=O) groups is 1. The van der Waals surface area contributed by atoms with Gasteiger partial charge in [0.15, 0.2) is 11.6 Å². The number of halogens is 2. The number of aliphatic hydroxyl groups is 1.